The summed E-state index contributed by atoms with van der Waals surface area (Å²) in [5.74, 6) is -0.154. The fourth-order valence-corrected chi connectivity index (χ4v) is 6.55. The van der Waals surface area contributed by atoms with Gasteiger partial charge in [0.25, 0.3) is 0 Å². The molecule has 3 heterocycles. The average molecular weight is 807 g/mol. The molecule has 0 radical (unpaired) electrons. The van der Waals surface area contributed by atoms with E-state index in [1.54, 1.807) is 4.90 Å². The van der Waals surface area contributed by atoms with Crippen LogP contribution in [-0.4, -0.2) is 73.4 Å². The van der Waals surface area contributed by atoms with Crippen LogP contribution in [0.2, 0.25) is 0 Å². The maximum Gasteiger partial charge on any atom is 0.416 e. The van der Waals surface area contributed by atoms with E-state index < -0.39 is 40.9 Å². The number of carbonyl (C=O) groups is 1. The summed E-state index contributed by atoms with van der Waals surface area (Å²) in [5.41, 5.74) is -0.641. The largest absolute Gasteiger partial charge is 0.444 e. The number of halogens is 6. The molecular weight excluding hydrogens is 750 g/mol. The third-order valence-electron chi connectivity index (χ3n) is 9.17. The second-order valence-electron chi connectivity index (χ2n) is 14.2. The van der Waals surface area contributed by atoms with E-state index in [0.29, 0.717) is 81.6 Å². The third-order valence-corrected chi connectivity index (χ3v) is 9.17. The van der Waals surface area contributed by atoms with E-state index in [-0.39, 0.29) is 24.1 Å². The summed E-state index contributed by atoms with van der Waals surface area (Å²) >= 11 is 0. The molecule has 6 rings (SSSR count). The summed E-state index contributed by atoms with van der Waals surface area (Å²) in [4.78, 5) is 25.3. The lowest BCUT2D eigenvalue weighted by Crippen LogP contribution is -2.49. The SMILES string of the molecule is C=C.CC.CC.CC(C)(C)OC(=O)N1CCN(Cc2ccc(-c3cn(C4CCC(O)CC4)c4nc(Nc5cc(C(F)(F)F)cc(C(F)(F)F)c5)ncc34)cc2)CC1. The molecule has 4 aromatic rings. The van der Waals surface area contributed by atoms with Crippen LogP contribution in [0.3, 0.4) is 0 Å². The number of hydrogen-bond acceptors (Lipinski definition) is 7. The number of piperazine rings is 1. The van der Waals surface area contributed by atoms with Crippen molar-refractivity contribution in [2.45, 2.75) is 111 Å². The van der Waals surface area contributed by atoms with Crippen LogP contribution in [0, 0.1) is 0 Å². The van der Waals surface area contributed by atoms with Crippen LogP contribution in [0.15, 0.2) is 68.0 Å². The van der Waals surface area contributed by atoms with Crippen molar-refractivity contribution in [3.05, 3.63) is 84.7 Å². The number of nitrogens with one attached hydrogen (secondary N) is 1. The Morgan fingerprint density at radius 1 is 0.860 bits per heavy atom. The number of nitrogens with zero attached hydrogens (tertiary/aromatic N) is 5. The summed E-state index contributed by atoms with van der Waals surface area (Å²) < 4.78 is 88.4. The number of fused-ring (bicyclic) bond motifs is 1. The molecule has 1 aliphatic carbocycles. The fourth-order valence-electron chi connectivity index (χ4n) is 6.55. The molecule has 15 heteroatoms. The number of carbonyl (C=O) groups excluding carboxylic acids is 1. The van der Waals surface area contributed by atoms with Crippen molar-refractivity contribution in [2.75, 3.05) is 31.5 Å². The van der Waals surface area contributed by atoms with E-state index in [0.717, 1.165) is 16.7 Å². The van der Waals surface area contributed by atoms with Gasteiger partial charge >= 0.3 is 18.4 Å². The first-order valence-corrected chi connectivity index (χ1v) is 19.3. The van der Waals surface area contributed by atoms with Crippen molar-refractivity contribution in [3.8, 4) is 11.1 Å². The van der Waals surface area contributed by atoms with Crippen molar-refractivity contribution in [2.24, 2.45) is 0 Å². The number of aromatic nitrogens is 3. The van der Waals surface area contributed by atoms with Crippen LogP contribution in [0.1, 0.15) is 96.9 Å². The van der Waals surface area contributed by atoms with Crippen LogP contribution >= 0.6 is 0 Å². The Labute approximate surface area is 331 Å². The highest BCUT2D eigenvalue weighted by molar-refractivity contribution is 5.94. The van der Waals surface area contributed by atoms with Gasteiger partial charge < -0.3 is 24.6 Å². The summed E-state index contributed by atoms with van der Waals surface area (Å²) in [6.07, 6.45) is -4.75. The molecule has 0 bridgehead atoms. The summed E-state index contributed by atoms with van der Waals surface area (Å²) in [6.45, 7) is 22.8. The van der Waals surface area contributed by atoms with Crippen LogP contribution in [0.25, 0.3) is 22.2 Å². The topological polar surface area (TPSA) is 95.8 Å². The van der Waals surface area contributed by atoms with Gasteiger partial charge in [-0.25, -0.2) is 9.78 Å². The molecule has 2 aromatic carbocycles. The zero-order chi connectivity index (χ0) is 42.7. The van der Waals surface area contributed by atoms with E-state index in [4.69, 9.17) is 4.74 Å². The van der Waals surface area contributed by atoms with E-state index in [2.05, 4.69) is 33.3 Å². The van der Waals surface area contributed by atoms with Gasteiger partial charge in [0.15, 0.2) is 0 Å². The summed E-state index contributed by atoms with van der Waals surface area (Å²) in [6, 6.07) is 9.26. The minimum absolute atomic E-state index is 0.0311. The van der Waals surface area contributed by atoms with E-state index in [1.807, 2.05) is 83.5 Å². The lowest BCUT2D eigenvalue weighted by atomic mass is 9.93. The van der Waals surface area contributed by atoms with Gasteiger partial charge in [-0.15, -0.1) is 13.2 Å². The first kappa shape index (κ1) is 46.8. The molecule has 0 atom stereocenters. The van der Waals surface area contributed by atoms with Crippen molar-refractivity contribution < 1.29 is 41.0 Å². The normalized spacial score (nSPS) is 17.6. The van der Waals surface area contributed by atoms with Crippen LogP contribution < -0.4 is 5.32 Å². The van der Waals surface area contributed by atoms with E-state index >= 15 is 0 Å². The van der Waals surface area contributed by atoms with Gasteiger partial charge in [-0.1, -0.05) is 52.0 Å². The highest BCUT2D eigenvalue weighted by atomic mass is 19.4. The molecule has 2 fully saturated rings. The summed E-state index contributed by atoms with van der Waals surface area (Å²) in [5, 5.41) is 13.4. The molecule has 57 heavy (non-hydrogen) atoms. The molecule has 0 spiro atoms. The van der Waals surface area contributed by atoms with Crippen molar-refractivity contribution in [1.82, 2.24) is 24.3 Å². The molecule has 9 nitrogen and oxygen atoms in total. The van der Waals surface area contributed by atoms with Gasteiger partial charge in [-0.05, 0) is 75.8 Å². The molecule has 1 amide bonds. The highest BCUT2D eigenvalue weighted by Gasteiger charge is 2.37. The Bertz CT molecular complexity index is 1840. The zero-order valence-corrected chi connectivity index (χ0v) is 33.9. The van der Waals surface area contributed by atoms with Gasteiger partial charge in [-0.3, -0.25) is 4.90 Å². The molecule has 2 aliphatic rings. The van der Waals surface area contributed by atoms with Gasteiger partial charge in [0.05, 0.1) is 17.2 Å². The molecule has 1 saturated carbocycles. The monoisotopic (exact) mass is 806 g/mol. The van der Waals surface area contributed by atoms with Gasteiger partial charge in [0, 0.05) is 67.8 Å². The maximum atomic E-state index is 13.5. The van der Waals surface area contributed by atoms with Crippen molar-refractivity contribution >= 4 is 28.8 Å². The van der Waals surface area contributed by atoms with Gasteiger partial charge in [0.1, 0.15) is 11.2 Å². The van der Waals surface area contributed by atoms with Crippen LogP contribution in [0.4, 0.5) is 42.8 Å². The minimum Gasteiger partial charge on any atom is -0.444 e. The smallest absolute Gasteiger partial charge is 0.416 e. The third kappa shape index (κ3) is 12.7. The Balaban J connectivity index is 0.00000138. The van der Waals surface area contributed by atoms with Gasteiger partial charge in [-0.2, -0.15) is 31.3 Å². The maximum absolute atomic E-state index is 13.5. The van der Waals surface area contributed by atoms with Crippen molar-refractivity contribution in [1.29, 1.82) is 0 Å². The Kier molecular flexibility index (Phi) is 16.5. The predicted octanol–water partition coefficient (Wildman–Crippen LogP) is 11.3. The second kappa shape index (κ2) is 20.2. The Hall–Kier alpha value is -4.63. The number of benzene rings is 2. The average Bonchev–Trinajstić information content (AvgIpc) is 3.55. The van der Waals surface area contributed by atoms with E-state index in [9.17, 15) is 36.2 Å². The predicted molar refractivity (Wildman–Crippen MR) is 213 cm³/mol. The Morgan fingerprint density at radius 3 is 1.91 bits per heavy atom. The standard InChI is InChI=1S/C36H40F6N6O3.2C2H6.C2H4/c1-34(2,3)51-33(50)47-14-12-46(13-15-47)20-22-4-6-23(7-5-22)30-21-48(27-8-10-28(49)11-9-27)31-29(30)19-43-32(45-31)44-26-17-24(35(37,38)39)16-25(18-26)36(40,41)42;3*1-2/h4-7,16-19,21,27-28,49H,8-15,20H2,1-3H3,(H,43,44,45);2*1-2H3;1-2H2. The molecule has 1 saturated heterocycles. The lowest BCUT2D eigenvalue weighted by molar-refractivity contribution is -0.143. The fraction of sp³-hybridized carbons (Fsp3) is 0.500. The molecule has 0 unspecified atom stereocenters. The van der Waals surface area contributed by atoms with E-state index in [1.165, 1.54) is 6.20 Å². The van der Waals surface area contributed by atoms with Crippen molar-refractivity contribution in [3.63, 3.8) is 0 Å². The molecular formula is C42H56F6N6O3. The number of amides is 1. The zero-order valence-electron chi connectivity index (χ0n) is 33.9. The number of aliphatic hydroxyl groups is 1. The second-order valence-corrected chi connectivity index (χ2v) is 14.2. The minimum atomic E-state index is -5.00. The first-order chi connectivity index (χ1) is 26.9. The quantitative estimate of drug-likeness (QED) is 0.148. The number of alkyl halides is 6. The summed E-state index contributed by atoms with van der Waals surface area (Å²) in [7, 11) is 0. The number of aliphatic hydroxyl groups excluding tert-OH is 1. The molecule has 2 aromatic heterocycles. The van der Waals surface area contributed by atoms with Crippen LogP contribution in [-0.2, 0) is 23.6 Å². The highest BCUT2D eigenvalue weighted by Crippen LogP contribution is 2.40. The number of rotatable bonds is 6. The lowest BCUT2D eigenvalue weighted by Gasteiger charge is -2.35. The molecule has 314 valence electrons. The number of ether oxygens (including phenoxy) is 1. The van der Waals surface area contributed by atoms with Gasteiger partial charge in [0.2, 0.25) is 5.95 Å². The molecule has 1 aliphatic heterocycles. The number of hydrogen-bond donors (Lipinski definition) is 2. The first-order valence-electron chi connectivity index (χ1n) is 19.3. The molecule has 2 N–H and O–H groups in total. The van der Waals surface area contributed by atoms with Crippen LogP contribution in [0.5, 0.6) is 0 Å². The number of anilines is 2. The Morgan fingerprint density at radius 2 is 1.40 bits per heavy atom.